The fourth-order valence-corrected chi connectivity index (χ4v) is 4.31. The minimum Gasteiger partial charge on any atom is -0.356 e. The summed E-state index contributed by atoms with van der Waals surface area (Å²) in [5, 5.41) is 3.54. The first-order valence-corrected chi connectivity index (χ1v) is 11.0. The van der Waals surface area contributed by atoms with E-state index in [1.807, 2.05) is 11.8 Å². The lowest BCUT2D eigenvalue weighted by molar-refractivity contribution is -0.140. The number of halogens is 1. The SMILES string of the molecule is CCCNC(=O)C1CCCN(C(=O)C2CCCN(C(=O)c3ccc(Cl)cc3)C2)C1. The Hall–Kier alpha value is -2.08. The van der Waals surface area contributed by atoms with Gasteiger partial charge in [0.1, 0.15) is 0 Å². The zero-order valence-corrected chi connectivity index (χ0v) is 17.8. The molecule has 0 bridgehead atoms. The van der Waals surface area contributed by atoms with Crippen molar-refractivity contribution in [2.24, 2.45) is 11.8 Å². The van der Waals surface area contributed by atoms with Crippen LogP contribution in [0.2, 0.25) is 5.02 Å². The molecule has 3 rings (SSSR count). The second-order valence-corrected chi connectivity index (χ2v) is 8.45. The van der Waals surface area contributed by atoms with Crippen LogP contribution in [0.3, 0.4) is 0 Å². The molecule has 0 spiro atoms. The molecule has 2 aliphatic rings. The minimum atomic E-state index is -0.197. The number of carbonyl (C=O) groups is 3. The predicted octanol–water partition coefficient (Wildman–Crippen LogP) is 2.96. The zero-order valence-electron chi connectivity index (χ0n) is 17.0. The van der Waals surface area contributed by atoms with Gasteiger partial charge >= 0.3 is 0 Å². The standard InChI is InChI=1S/C22H30ClN3O3/c1-2-11-24-20(27)17-5-3-12-25(14-17)22(29)18-6-4-13-26(15-18)21(28)16-7-9-19(23)10-8-16/h7-10,17-18H,2-6,11-15H2,1H3,(H,24,27). The van der Waals surface area contributed by atoms with Gasteiger partial charge in [-0.25, -0.2) is 0 Å². The molecule has 158 valence electrons. The summed E-state index contributed by atoms with van der Waals surface area (Å²) in [5.74, 6) is -0.263. The normalized spacial score (nSPS) is 22.3. The van der Waals surface area contributed by atoms with Gasteiger partial charge in [0, 0.05) is 43.3 Å². The van der Waals surface area contributed by atoms with Crippen LogP contribution in [0.4, 0.5) is 0 Å². The van der Waals surface area contributed by atoms with Gasteiger partial charge in [-0.05, 0) is 56.4 Å². The Morgan fingerprint density at radius 3 is 2.31 bits per heavy atom. The van der Waals surface area contributed by atoms with Gasteiger partial charge in [-0.1, -0.05) is 18.5 Å². The maximum absolute atomic E-state index is 13.1. The third-order valence-corrected chi connectivity index (χ3v) is 6.05. The summed E-state index contributed by atoms with van der Waals surface area (Å²) in [7, 11) is 0. The van der Waals surface area contributed by atoms with Crippen LogP contribution in [0.5, 0.6) is 0 Å². The molecule has 29 heavy (non-hydrogen) atoms. The molecule has 1 aromatic rings. The van der Waals surface area contributed by atoms with Crippen LogP contribution in [0.25, 0.3) is 0 Å². The Kier molecular flexibility index (Phi) is 7.53. The van der Waals surface area contributed by atoms with Crippen LogP contribution >= 0.6 is 11.6 Å². The van der Waals surface area contributed by atoms with Crippen molar-refractivity contribution >= 4 is 29.3 Å². The fourth-order valence-electron chi connectivity index (χ4n) is 4.18. The number of likely N-dealkylation sites (tertiary alicyclic amines) is 2. The van der Waals surface area contributed by atoms with E-state index >= 15 is 0 Å². The molecule has 0 saturated carbocycles. The number of hydrogen-bond donors (Lipinski definition) is 1. The quantitative estimate of drug-likeness (QED) is 0.797. The average Bonchev–Trinajstić information content (AvgIpc) is 2.77. The topological polar surface area (TPSA) is 69.7 Å². The molecule has 7 heteroatoms. The van der Waals surface area contributed by atoms with Crippen LogP contribution in [0.1, 0.15) is 49.4 Å². The van der Waals surface area contributed by atoms with Crippen molar-refractivity contribution in [1.82, 2.24) is 15.1 Å². The summed E-state index contributed by atoms with van der Waals surface area (Å²) in [6, 6.07) is 6.86. The predicted molar refractivity (Wildman–Crippen MR) is 113 cm³/mol. The number of amides is 3. The summed E-state index contributed by atoms with van der Waals surface area (Å²) in [5.41, 5.74) is 0.591. The highest BCUT2D eigenvalue weighted by Crippen LogP contribution is 2.24. The Morgan fingerprint density at radius 1 is 1.00 bits per heavy atom. The molecule has 1 N–H and O–H groups in total. The van der Waals surface area contributed by atoms with E-state index in [0.717, 1.165) is 32.1 Å². The highest BCUT2D eigenvalue weighted by Gasteiger charge is 2.35. The summed E-state index contributed by atoms with van der Waals surface area (Å²) in [6.45, 7) is 4.97. The summed E-state index contributed by atoms with van der Waals surface area (Å²) in [6.07, 6.45) is 4.17. The third kappa shape index (κ3) is 5.50. The van der Waals surface area contributed by atoms with E-state index in [0.29, 0.717) is 43.3 Å². The zero-order chi connectivity index (χ0) is 20.8. The highest BCUT2D eigenvalue weighted by molar-refractivity contribution is 6.30. The fraction of sp³-hybridized carbons (Fsp3) is 0.591. The molecule has 2 aliphatic heterocycles. The molecular weight excluding hydrogens is 390 g/mol. The average molecular weight is 420 g/mol. The van der Waals surface area contributed by atoms with Gasteiger partial charge in [0.05, 0.1) is 11.8 Å². The first-order chi connectivity index (χ1) is 14.0. The molecule has 2 unspecified atom stereocenters. The molecule has 0 aliphatic carbocycles. The van der Waals surface area contributed by atoms with Crippen LogP contribution < -0.4 is 5.32 Å². The van der Waals surface area contributed by atoms with E-state index in [1.165, 1.54) is 0 Å². The molecular formula is C22H30ClN3O3. The molecule has 0 aromatic heterocycles. The van der Waals surface area contributed by atoms with Crippen LogP contribution in [-0.2, 0) is 9.59 Å². The van der Waals surface area contributed by atoms with Gasteiger partial charge in [-0.15, -0.1) is 0 Å². The Morgan fingerprint density at radius 2 is 1.62 bits per heavy atom. The molecule has 3 amide bonds. The van der Waals surface area contributed by atoms with Gasteiger partial charge in [0.2, 0.25) is 11.8 Å². The van der Waals surface area contributed by atoms with E-state index in [-0.39, 0.29) is 29.6 Å². The lowest BCUT2D eigenvalue weighted by Crippen LogP contribution is -2.51. The van der Waals surface area contributed by atoms with E-state index in [2.05, 4.69) is 5.32 Å². The highest BCUT2D eigenvalue weighted by atomic mass is 35.5. The van der Waals surface area contributed by atoms with E-state index in [4.69, 9.17) is 11.6 Å². The van der Waals surface area contributed by atoms with Crippen LogP contribution in [-0.4, -0.2) is 60.2 Å². The lowest BCUT2D eigenvalue weighted by Gasteiger charge is -2.38. The third-order valence-electron chi connectivity index (χ3n) is 5.80. The van der Waals surface area contributed by atoms with Crippen molar-refractivity contribution in [2.75, 3.05) is 32.7 Å². The van der Waals surface area contributed by atoms with Crippen LogP contribution in [0, 0.1) is 11.8 Å². The second-order valence-electron chi connectivity index (χ2n) is 8.01. The van der Waals surface area contributed by atoms with Crippen molar-refractivity contribution in [3.63, 3.8) is 0 Å². The number of piperidine rings is 2. The van der Waals surface area contributed by atoms with Gasteiger partial charge in [-0.2, -0.15) is 0 Å². The molecule has 2 heterocycles. The lowest BCUT2D eigenvalue weighted by atomic mass is 9.92. The molecule has 6 nitrogen and oxygen atoms in total. The van der Waals surface area contributed by atoms with Crippen molar-refractivity contribution in [1.29, 1.82) is 0 Å². The molecule has 0 radical (unpaired) electrons. The Labute approximate surface area is 177 Å². The van der Waals surface area contributed by atoms with Crippen molar-refractivity contribution in [3.8, 4) is 0 Å². The van der Waals surface area contributed by atoms with E-state index < -0.39 is 0 Å². The number of benzene rings is 1. The van der Waals surface area contributed by atoms with Crippen molar-refractivity contribution in [3.05, 3.63) is 34.9 Å². The van der Waals surface area contributed by atoms with Gasteiger partial charge < -0.3 is 15.1 Å². The maximum atomic E-state index is 13.1. The summed E-state index contributed by atoms with van der Waals surface area (Å²) < 4.78 is 0. The number of rotatable bonds is 5. The van der Waals surface area contributed by atoms with Crippen LogP contribution in [0.15, 0.2) is 24.3 Å². The van der Waals surface area contributed by atoms with Gasteiger partial charge in [0.25, 0.3) is 5.91 Å². The monoisotopic (exact) mass is 419 g/mol. The maximum Gasteiger partial charge on any atom is 0.253 e. The number of nitrogens with zero attached hydrogens (tertiary/aromatic N) is 2. The number of carbonyl (C=O) groups excluding carboxylic acids is 3. The minimum absolute atomic E-state index is 0.0486. The van der Waals surface area contributed by atoms with Gasteiger partial charge in [0.15, 0.2) is 0 Å². The first-order valence-electron chi connectivity index (χ1n) is 10.6. The molecule has 2 saturated heterocycles. The first kappa shape index (κ1) is 21.6. The van der Waals surface area contributed by atoms with Gasteiger partial charge in [-0.3, -0.25) is 14.4 Å². The number of nitrogens with one attached hydrogen (secondary N) is 1. The summed E-state index contributed by atoms with van der Waals surface area (Å²) >= 11 is 5.91. The molecule has 1 aromatic carbocycles. The Bertz CT molecular complexity index is 737. The number of hydrogen-bond acceptors (Lipinski definition) is 3. The second kappa shape index (κ2) is 10.1. The summed E-state index contributed by atoms with van der Waals surface area (Å²) in [4.78, 5) is 41.8. The van der Waals surface area contributed by atoms with Crippen molar-refractivity contribution in [2.45, 2.75) is 39.0 Å². The van der Waals surface area contributed by atoms with Crippen molar-refractivity contribution < 1.29 is 14.4 Å². The van der Waals surface area contributed by atoms with E-state index in [1.54, 1.807) is 29.2 Å². The van der Waals surface area contributed by atoms with E-state index in [9.17, 15) is 14.4 Å². The largest absolute Gasteiger partial charge is 0.356 e. The Balaban J connectivity index is 1.59. The smallest absolute Gasteiger partial charge is 0.253 e. The molecule has 2 atom stereocenters. The molecule has 2 fully saturated rings.